The van der Waals surface area contributed by atoms with Crippen LogP contribution in [-0.4, -0.2) is 6.54 Å². The Kier molecular flexibility index (Phi) is 4.57. The SMILES string of the molecule is CC(C)CNC(C)c1ccccc1C(F)(F)F. The van der Waals surface area contributed by atoms with Crippen molar-refractivity contribution in [2.24, 2.45) is 5.92 Å². The summed E-state index contributed by atoms with van der Waals surface area (Å²) >= 11 is 0. The van der Waals surface area contributed by atoms with E-state index in [9.17, 15) is 13.2 Å². The van der Waals surface area contributed by atoms with Crippen molar-refractivity contribution in [3.05, 3.63) is 35.4 Å². The summed E-state index contributed by atoms with van der Waals surface area (Å²) in [5.41, 5.74) is -0.246. The second kappa shape index (κ2) is 5.54. The number of alkyl halides is 3. The highest BCUT2D eigenvalue weighted by Crippen LogP contribution is 2.34. The molecule has 1 rings (SSSR count). The van der Waals surface area contributed by atoms with Crippen LogP contribution in [0.1, 0.15) is 37.9 Å². The first-order valence-corrected chi connectivity index (χ1v) is 5.72. The van der Waals surface area contributed by atoms with Crippen LogP contribution in [0.15, 0.2) is 24.3 Å². The summed E-state index contributed by atoms with van der Waals surface area (Å²) in [5.74, 6) is 0.412. The molecule has 0 fully saturated rings. The van der Waals surface area contributed by atoms with Crippen molar-refractivity contribution in [1.29, 1.82) is 0 Å². The summed E-state index contributed by atoms with van der Waals surface area (Å²) in [7, 11) is 0. The Balaban J connectivity index is 2.89. The number of halogens is 3. The molecule has 1 unspecified atom stereocenters. The van der Waals surface area contributed by atoms with Crippen LogP contribution in [-0.2, 0) is 6.18 Å². The Morgan fingerprint density at radius 2 is 1.71 bits per heavy atom. The van der Waals surface area contributed by atoms with Gasteiger partial charge < -0.3 is 5.32 Å². The number of nitrogens with one attached hydrogen (secondary N) is 1. The van der Waals surface area contributed by atoms with E-state index < -0.39 is 11.7 Å². The van der Waals surface area contributed by atoms with Crippen LogP contribution in [0.2, 0.25) is 0 Å². The van der Waals surface area contributed by atoms with Crippen LogP contribution in [0.4, 0.5) is 13.2 Å². The number of hydrogen-bond acceptors (Lipinski definition) is 1. The third-order valence-electron chi connectivity index (χ3n) is 2.56. The van der Waals surface area contributed by atoms with E-state index in [2.05, 4.69) is 5.32 Å². The zero-order chi connectivity index (χ0) is 13.1. The van der Waals surface area contributed by atoms with Crippen molar-refractivity contribution in [3.8, 4) is 0 Å². The van der Waals surface area contributed by atoms with Gasteiger partial charge in [0.05, 0.1) is 5.56 Å². The summed E-state index contributed by atoms with van der Waals surface area (Å²) in [6.45, 7) is 6.51. The zero-order valence-electron chi connectivity index (χ0n) is 10.3. The predicted molar refractivity (Wildman–Crippen MR) is 62.7 cm³/mol. The average Bonchev–Trinajstić information content (AvgIpc) is 2.24. The Morgan fingerprint density at radius 1 is 1.12 bits per heavy atom. The van der Waals surface area contributed by atoms with E-state index >= 15 is 0 Å². The lowest BCUT2D eigenvalue weighted by Gasteiger charge is -2.20. The van der Waals surface area contributed by atoms with Crippen LogP contribution in [0, 0.1) is 5.92 Å². The molecule has 0 amide bonds. The van der Waals surface area contributed by atoms with Gasteiger partial charge in [-0.1, -0.05) is 32.0 Å². The maximum Gasteiger partial charge on any atom is 0.416 e. The van der Waals surface area contributed by atoms with Gasteiger partial charge in [0.2, 0.25) is 0 Å². The highest BCUT2D eigenvalue weighted by atomic mass is 19.4. The molecule has 17 heavy (non-hydrogen) atoms. The van der Waals surface area contributed by atoms with Crippen molar-refractivity contribution in [3.63, 3.8) is 0 Å². The number of benzene rings is 1. The number of rotatable bonds is 4. The quantitative estimate of drug-likeness (QED) is 0.845. The molecule has 1 N–H and O–H groups in total. The molecule has 0 aromatic heterocycles. The van der Waals surface area contributed by atoms with Crippen molar-refractivity contribution in [2.45, 2.75) is 33.0 Å². The van der Waals surface area contributed by atoms with Gasteiger partial charge in [0.25, 0.3) is 0 Å². The lowest BCUT2D eigenvalue weighted by Crippen LogP contribution is -2.25. The summed E-state index contributed by atoms with van der Waals surface area (Å²) in [4.78, 5) is 0. The molecule has 0 saturated carbocycles. The van der Waals surface area contributed by atoms with Gasteiger partial charge in [-0.2, -0.15) is 13.2 Å². The minimum Gasteiger partial charge on any atom is -0.310 e. The predicted octanol–water partition coefficient (Wildman–Crippen LogP) is 4.01. The topological polar surface area (TPSA) is 12.0 Å². The van der Waals surface area contributed by atoms with E-state index in [1.165, 1.54) is 12.1 Å². The fourth-order valence-corrected chi connectivity index (χ4v) is 1.66. The zero-order valence-corrected chi connectivity index (χ0v) is 10.3. The van der Waals surface area contributed by atoms with Gasteiger partial charge in [-0.25, -0.2) is 0 Å². The second-order valence-corrected chi connectivity index (χ2v) is 4.61. The van der Waals surface area contributed by atoms with Gasteiger partial charge in [0.15, 0.2) is 0 Å². The largest absolute Gasteiger partial charge is 0.416 e. The maximum absolute atomic E-state index is 12.8. The summed E-state index contributed by atoms with van der Waals surface area (Å²) in [6, 6.07) is 5.42. The van der Waals surface area contributed by atoms with Gasteiger partial charge in [-0.3, -0.25) is 0 Å². The van der Waals surface area contributed by atoms with Gasteiger partial charge in [-0.15, -0.1) is 0 Å². The van der Waals surface area contributed by atoms with Crippen molar-refractivity contribution < 1.29 is 13.2 Å². The lowest BCUT2D eigenvalue weighted by molar-refractivity contribution is -0.138. The highest BCUT2D eigenvalue weighted by Gasteiger charge is 2.33. The minimum absolute atomic E-state index is 0.296. The smallest absolute Gasteiger partial charge is 0.310 e. The van der Waals surface area contributed by atoms with Crippen LogP contribution in [0.3, 0.4) is 0 Å². The van der Waals surface area contributed by atoms with Crippen LogP contribution < -0.4 is 5.32 Å². The molecule has 1 atom stereocenters. The Labute approximate surface area is 100 Å². The van der Waals surface area contributed by atoms with Crippen molar-refractivity contribution >= 4 is 0 Å². The molecule has 1 aromatic rings. The summed E-state index contributed by atoms with van der Waals surface area (Å²) in [6.07, 6.45) is -4.29. The van der Waals surface area contributed by atoms with E-state index in [0.29, 0.717) is 18.0 Å². The molecule has 0 radical (unpaired) electrons. The monoisotopic (exact) mass is 245 g/mol. The first kappa shape index (κ1) is 14.0. The highest BCUT2D eigenvalue weighted by molar-refractivity contribution is 5.31. The molecule has 1 nitrogen and oxygen atoms in total. The van der Waals surface area contributed by atoms with E-state index in [0.717, 1.165) is 6.07 Å². The number of hydrogen-bond donors (Lipinski definition) is 1. The molecule has 0 heterocycles. The van der Waals surface area contributed by atoms with Crippen LogP contribution in [0.25, 0.3) is 0 Å². The molecule has 4 heteroatoms. The molecule has 0 aliphatic rings. The Morgan fingerprint density at radius 3 is 2.24 bits per heavy atom. The van der Waals surface area contributed by atoms with Gasteiger partial charge in [0, 0.05) is 6.04 Å². The molecule has 0 saturated heterocycles. The van der Waals surface area contributed by atoms with E-state index in [1.807, 2.05) is 13.8 Å². The Bertz CT molecular complexity index is 358. The fraction of sp³-hybridized carbons (Fsp3) is 0.538. The average molecular weight is 245 g/mol. The molecule has 0 spiro atoms. The van der Waals surface area contributed by atoms with E-state index in [1.54, 1.807) is 13.0 Å². The molecular formula is C13H18F3N. The van der Waals surface area contributed by atoms with Crippen LogP contribution >= 0.6 is 0 Å². The van der Waals surface area contributed by atoms with Crippen molar-refractivity contribution in [2.75, 3.05) is 6.54 Å². The van der Waals surface area contributed by atoms with Crippen LogP contribution in [0.5, 0.6) is 0 Å². The van der Waals surface area contributed by atoms with Gasteiger partial charge >= 0.3 is 6.18 Å². The first-order valence-electron chi connectivity index (χ1n) is 5.72. The molecule has 0 aliphatic carbocycles. The maximum atomic E-state index is 12.8. The molecule has 0 aliphatic heterocycles. The van der Waals surface area contributed by atoms with E-state index in [-0.39, 0.29) is 6.04 Å². The second-order valence-electron chi connectivity index (χ2n) is 4.61. The van der Waals surface area contributed by atoms with Gasteiger partial charge in [0.1, 0.15) is 0 Å². The Hall–Kier alpha value is -1.03. The first-order chi connectivity index (χ1) is 7.82. The third-order valence-corrected chi connectivity index (χ3v) is 2.56. The standard InChI is InChI=1S/C13H18F3N/c1-9(2)8-17-10(3)11-6-4-5-7-12(11)13(14,15)16/h4-7,9-10,17H,8H2,1-3H3. The van der Waals surface area contributed by atoms with Crippen molar-refractivity contribution in [1.82, 2.24) is 5.32 Å². The fourth-order valence-electron chi connectivity index (χ4n) is 1.66. The summed E-state index contributed by atoms with van der Waals surface area (Å²) < 4.78 is 38.3. The van der Waals surface area contributed by atoms with E-state index in [4.69, 9.17) is 0 Å². The third kappa shape index (κ3) is 4.04. The molecule has 1 aromatic carbocycles. The molecular weight excluding hydrogens is 227 g/mol. The normalized spacial score (nSPS) is 14.1. The molecule has 96 valence electrons. The summed E-state index contributed by atoms with van der Waals surface area (Å²) in [5, 5.41) is 3.11. The minimum atomic E-state index is -4.29. The molecule has 0 bridgehead atoms. The van der Waals surface area contributed by atoms with Gasteiger partial charge in [-0.05, 0) is 31.0 Å². The lowest BCUT2D eigenvalue weighted by atomic mass is 10.0.